The van der Waals surface area contributed by atoms with Crippen LogP contribution in [0.25, 0.3) is 39.4 Å². The largest absolute Gasteiger partial charge is 0.508 e. The van der Waals surface area contributed by atoms with Gasteiger partial charge in [-0.3, -0.25) is 4.98 Å². The third-order valence-electron chi connectivity index (χ3n) is 6.54. The molecule has 36 heavy (non-hydrogen) atoms. The highest BCUT2D eigenvalue weighted by molar-refractivity contribution is 5.80. The molecule has 180 valence electrons. The van der Waals surface area contributed by atoms with Crippen molar-refractivity contribution in [2.45, 2.75) is 6.42 Å². The number of phenolic OH excluding ortho intramolecular Hbond substituents is 1. The number of pyridine rings is 2. The second-order valence-corrected chi connectivity index (χ2v) is 9.03. The molecule has 1 fully saturated rings. The summed E-state index contributed by atoms with van der Waals surface area (Å²) in [5.74, 6) is 1.13. The molecule has 0 aliphatic carbocycles. The van der Waals surface area contributed by atoms with Crippen LogP contribution in [0.4, 0.5) is 5.82 Å². The Morgan fingerprint density at radius 2 is 1.72 bits per heavy atom. The lowest BCUT2D eigenvalue weighted by Gasteiger charge is -2.21. The molecule has 0 bridgehead atoms. The van der Waals surface area contributed by atoms with Crippen LogP contribution in [0.2, 0.25) is 0 Å². The van der Waals surface area contributed by atoms with Crippen LogP contribution in [-0.4, -0.2) is 73.0 Å². The number of fused-ring (bicyclic) bond motifs is 1. The number of anilines is 1. The van der Waals surface area contributed by atoms with E-state index in [1.54, 1.807) is 35.1 Å². The Bertz CT molecular complexity index is 1500. The van der Waals surface area contributed by atoms with Crippen LogP contribution in [0.15, 0.2) is 73.2 Å². The van der Waals surface area contributed by atoms with Crippen molar-refractivity contribution in [3.05, 3.63) is 73.2 Å². The van der Waals surface area contributed by atoms with E-state index in [0.717, 1.165) is 66.5 Å². The van der Waals surface area contributed by atoms with Crippen LogP contribution in [0.3, 0.4) is 0 Å². The highest BCUT2D eigenvalue weighted by Crippen LogP contribution is 2.33. The van der Waals surface area contributed by atoms with Gasteiger partial charge in [-0.2, -0.15) is 5.10 Å². The van der Waals surface area contributed by atoms with Gasteiger partial charge in [0, 0.05) is 61.0 Å². The summed E-state index contributed by atoms with van der Waals surface area (Å²) in [6.07, 6.45) is 6.47. The van der Waals surface area contributed by atoms with Crippen LogP contribution in [0.1, 0.15) is 6.42 Å². The van der Waals surface area contributed by atoms with Gasteiger partial charge in [-0.1, -0.05) is 12.1 Å². The van der Waals surface area contributed by atoms with E-state index in [1.807, 2.05) is 30.5 Å². The van der Waals surface area contributed by atoms with Crippen molar-refractivity contribution in [1.29, 1.82) is 0 Å². The zero-order chi connectivity index (χ0) is 24.5. The number of benzene rings is 1. The Hall–Kier alpha value is -4.37. The average molecular weight is 479 g/mol. The molecule has 9 nitrogen and oxygen atoms in total. The lowest BCUT2D eigenvalue weighted by Crippen LogP contribution is -2.29. The molecule has 1 aromatic carbocycles. The number of rotatable bonds is 4. The third-order valence-corrected chi connectivity index (χ3v) is 6.54. The van der Waals surface area contributed by atoms with E-state index in [0.29, 0.717) is 11.3 Å². The van der Waals surface area contributed by atoms with E-state index in [1.165, 1.54) is 0 Å². The first kappa shape index (κ1) is 22.1. The molecule has 0 radical (unpaired) electrons. The molecule has 0 amide bonds. The Kier molecular flexibility index (Phi) is 5.74. The molecule has 6 rings (SSSR count). The minimum Gasteiger partial charge on any atom is -0.508 e. The quantitative estimate of drug-likeness (QED) is 0.417. The van der Waals surface area contributed by atoms with E-state index in [2.05, 4.69) is 44.2 Å². The van der Waals surface area contributed by atoms with Crippen molar-refractivity contribution >= 4 is 11.5 Å². The number of aromatic nitrogens is 6. The average Bonchev–Trinajstić information content (AvgIpc) is 3.23. The topological polar surface area (TPSA) is 95.6 Å². The number of phenols is 1. The standard InChI is InChI=1S/C27H26N8O/c1-33-12-3-13-34(15-14-33)24-7-6-21(18-29-24)27-26(20-4-2-5-22(36)16-20)31-30-25-17-23(32-35(25)27)19-8-10-28-11-9-19/h2,4-11,16-18,36H,3,12-15H2,1H3. The van der Waals surface area contributed by atoms with Gasteiger partial charge < -0.3 is 14.9 Å². The highest BCUT2D eigenvalue weighted by Gasteiger charge is 2.20. The fraction of sp³-hybridized carbons (Fsp3) is 0.222. The SMILES string of the molecule is CN1CCCN(c2ccc(-c3c(-c4cccc(O)c4)nnc4cc(-c5ccncc5)nn34)cn2)CC1. The zero-order valence-corrected chi connectivity index (χ0v) is 20.0. The number of aromatic hydroxyl groups is 1. The minimum absolute atomic E-state index is 0.165. The third kappa shape index (κ3) is 4.25. The van der Waals surface area contributed by atoms with Gasteiger partial charge in [0.1, 0.15) is 23.0 Å². The summed E-state index contributed by atoms with van der Waals surface area (Å²) in [6, 6.07) is 16.9. The van der Waals surface area contributed by atoms with E-state index < -0.39 is 0 Å². The Morgan fingerprint density at radius 3 is 2.53 bits per heavy atom. The van der Waals surface area contributed by atoms with Gasteiger partial charge in [-0.25, -0.2) is 9.50 Å². The summed E-state index contributed by atoms with van der Waals surface area (Å²) < 4.78 is 1.81. The monoisotopic (exact) mass is 478 g/mol. The van der Waals surface area contributed by atoms with Gasteiger partial charge in [0.15, 0.2) is 5.65 Å². The van der Waals surface area contributed by atoms with Gasteiger partial charge in [0.2, 0.25) is 0 Å². The number of hydrogen-bond donors (Lipinski definition) is 1. The molecular formula is C27H26N8O. The smallest absolute Gasteiger partial charge is 0.178 e. The van der Waals surface area contributed by atoms with Crippen LogP contribution < -0.4 is 4.90 Å². The van der Waals surface area contributed by atoms with E-state index in [-0.39, 0.29) is 5.75 Å². The molecule has 1 N–H and O–H groups in total. The van der Waals surface area contributed by atoms with Crippen molar-refractivity contribution in [2.24, 2.45) is 0 Å². The second-order valence-electron chi connectivity index (χ2n) is 9.03. The van der Waals surface area contributed by atoms with Crippen LogP contribution in [0.5, 0.6) is 5.75 Å². The maximum Gasteiger partial charge on any atom is 0.178 e. The Labute approximate surface area is 208 Å². The Morgan fingerprint density at radius 1 is 0.833 bits per heavy atom. The van der Waals surface area contributed by atoms with E-state index >= 15 is 0 Å². The van der Waals surface area contributed by atoms with Crippen molar-refractivity contribution in [1.82, 2.24) is 34.7 Å². The lowest BCUT2D eigenvalue weighted by molar-refractivity contribution is 0.360. The normalized spacial score (nSPS) is 14.8. The van der Waals surface area contributed by atoms with Crippen molar-refractivity contribution in [3.8, 4) is 39.5 Å². The van der Waals surface area contributed by atoms with Crippen LogP contribution in [-0.2, 0) is 0 Å². The second kappa shape index (κ2) is 9.35. The van der Waals surface area contributed by atoms with Gasteiger partial charge in [-0.15, -0.1) is 10.2 Å². The van der Waals surface area contributed by atoms with Gasteiger partial charge in [0.05, 0.1) is 5.69 Å². The van der Waals surface area contributed by atoms with Crippen molar-refractivity contribution in [2.75, 3.05) is 38.1 Å². The van der Waals surface area contributed by atoms with Gasteiger partial charge in [0.25, 0.3) is 0 Å². The van der Waals surface area contributed by atoms with Crippen LogP contribution in [0, 0.1) is 0 Å². The predicted octanol–water partition coefficient (Wildman–Crippen LogP) is 3.76. The summed E-state index contributed by atoms with van der Waals surface area (Å²) in [6.45, 7) is 4.06. The zero-order valence-electron chi connectivity index (χ0n) is 20.0. The number of nitrogens with zero attached hydrogens (tertiary/aromatic N) is 8. The molecule has 4 aromatic heterocycles. The maximum atomic E-state index is 10.1. The predicted molar refractivity (Wildman–Crippen MR) is 139 cm³/mol. The first-order valence-corrected chi connectivity index (χ1v) is 12.0. The lowest BCUT2D eigenvalue weighted by atomic mass is 10.1. The molecule has 5 heterocycles. The summed E-state index contributed by atoms with van der Waals surface area (Å²) >= 11 is 0. The summed E-state index contributed by atoms with van der Waals surface area (Å²) in [5.41, 5.74) is 5.35. The Balaban J connectivity index is 1.48. The number of hydrogen-bond acceptors (Lipinski definition) is 8. The molecular weight excluding hydrogens is 452 g/mol. The molecule has 0 spiro atoms. The fourth-order valence-electron chi connectivity index (χ4n) is 4.62. The maximum absolute atomic E-state index is 10.1. The van der Waals surface area contributed by atoms with Crippen LogP contribution >= 0.6 is 0 Å². The summed E-state index contributed by atoms with van der Waals surface area (Å²) in [7, 11) is 2.16. The molecule has 5 aromatic rings. The highest BCUT2D eigenvalue weighted by atomic mass is 16.3. The van der Waals surface area contributed by atoms with Gasteiger partial charge in [-0.05, 0) is 56.4 Å². The molecule has 9 heteroatoms. The van der Waals surface area contributed by atoms with Crippen molar-refractivity contribution in [3.63, 3.8) is 0 Å². The molecule has 0 atom stereocenters. The van der Waals surface area contributed by atoms with E-state index in [9.17, 15) is 5.11 Å². The molecule has 1 aliphatic rings. The van der Waals surface area contributed by atoms with Gasteiger partial charge >= 0.3 is 0 Å². The van der Waals surface area contributed by atoms with E-state index in [4.69, 9.17) is 10.1 Å². The molecule has 1 aliphatic heterocycles. The first-order chi connectivity index (χ1) is 17.7. The molecule has 1 saturated heterocycles. The van der Waals surface area contributed by atoms with Crippen molar-refractivity contribution < 1.29 is 5.11 Å². The fourth-order valence-corrected chi connectivity index (χ4v) is 4.62. The minimum atomic E-state index is 0.165. The molecule has 0 unspecified atom stereocenters. The molecule has 0 saturated carbocycles. The summed E-state index contributed by atoms with van der Waals surface area (Å²) in [5, 5.41) is 24.0. The first-order valence-electron chi connectivity index (χ1n) is 12.0. The summed E-state index contributed by atoms with van der Waals surface area (Å²) in [4.78, 5) is 13.6. The number of likely N-dealkylation sites (N-methyl/N-ethyl adjacent to an activating group) is 1.